The molecule has 0 amide bonds. The van der Waals surface area contributed by atoms with Gasteiger partial charge in [0.15, 0.2) is 0 Å². The minimum atomic E-state index is 0.753. The molecule has 1 N–H and O–H groups in total. The maximum atomic E-state index is 4.55. The van der Waals surface area contributed by atoms with Gasteiger partial charge < -0.3 is 10.2 Å². The van der Waals surface area contributed by atoms with E-state index in [4.69, 9.17) is 0 Å². The van der Waals surface area contributed by atoms with E-state index in [1.54, 1.807) is 0 Å². The summed E-state index contributed by atoms with van der Waals surface area (Å²) >= 11 is 0. The first-order chi connectivity index (χ1) is 9.58. The van der Waals surface area contributed by atoms with Crippen LogP contribution >= 0.6 is 0 Å². The Labute approximate surface area is 124 Å². The lowest BCUT2D eigenvalue weighted by Crippen LogP contribution is -2.22. The molecule has 0 saturated heterocycles. The zero-order valence-electron chi connectivity index (χ0n) is 13.7. The zero-order valence-corrected chi connectivity index (χ0v) is 13.7. The summed E-state index contributed by atoms with van der Waals surface area (Å²) in [7, 11) is 2.18. The van der Waals surface area contributed by atoms with Crippen molar-refractivity contribution in [2.75, 3.05) is 26.7 Å². The molecule has 0 fully saturated rings. The highest BCUT2D eigenvalue weighted by Gasteiger charge is 2.01. The number of hydrogen-bond donors (Lipinski definition) is 1. The van der Waals surface area contributed by atoms with E-state index in [1.165, 1.54) is 25.0 Å². The van der Waals surface area contributed by atoms with Crippen LogP contribution in [0.5, 0.6) is 0 Å². The fourth-order valence-corrected chi connectivity index (χ4v) is 2.24. The van der Waals surface area contributed by atoms with Crippen LogP contribution in [-0.2, 0) is 6.54 Å². The minimum absolute atomic E-state index is 0.753. The highest BCUT2D eigenvalue weighted by atomic mass is 15.1. The van der Waals surface area contributed by atoms with Crippen molar-refractivity contribution in [3.05, 3.63) is 29.6 Å². The molecule has 20 heavy (non-hydrogen) atoms. The van der Waals surface area contributed by atoms with Gasteiger partial charge in [-0.3, -0.25) is 4.98 Å². The van der Waals surface area contributed by atoms with Crippen molar-refractivity contribution in [2.24, 2.45) is 5.92 Å². The molecule has 0 aromatic carbocycles. The van der Waals surface area contributed by atoms with Crippen molar-refractivity contribution < 1.29 is 0 Å². The number of unbranched alkanes of at least 4 members (excludes halogenated alkanes) is 2. The number of rotatable bonds is 10. The Morgan fingerprint density at radius 2 is 2.00 bits per heavy atom. The topological polar surface area (TPSA) is 28.2 Å². The molecule has 0 unspecified atom stereocenters. The third kappa shape index (κ3) is 8.28. The second-order valence-corrected chi connectivity index (χ2v) is 6.17. The van der Waals surface area contributed by atoms with Gasteiger partial charge in [0, 0.05) is 12.2 Å². The standard InChI is InChI=1S/C17H31N3/c1-15(2)13-18-11-6-5-7-12-20(4)14-17-10-8-9-16(3)19-17/h8-10,15,18H,5-7,11-14H2,1-4H3. The summed E-state index contributed by atoms with van der Waals surface area (Å²) in [5.74, 6) is 0.753. The Bertz CT molecular complexity index is 363. The van der Waals surface area contributed by atoms with E-state index < -0.39 is 0 Å². The highest BCUT2D eigenvalue weighted by molar-refractivity contribution is 5.09. The Kier molecular flexibility index (Phi) is 8.47. The van der Waals surface area contributed by atoms with Crippen LogP contribution in [0, 0.1) is 12.8 Å². The van der Waals surface area contributed by atoms with Crippen LogP contribution in [0.25, 0.3) is 0 Å². The zero-order chi connectivity index (χ0) is 14.8. The summed E-state index contributed by atoms with van der Waals surface area (Å²) in [6, 6.07) is 6.25. The van der Waals surface area contributed by atoms with Crippen LogP contribution in [0.4, 0.5) is 0 Å². The van der Waals surface area contributed by atoms with Crippen molar-refractivity contribution in [2.45, 2.75) is 46.6 Å². The van der Waals surface area contributed by atoms with Gasteiger partial charge in [0.05, 0.1) is 5.69 Å². The van der Waals surface area contributed by atoms with Crippen LogP contribution in [-0.4, -0.2) is 36.6 Å². The summed E-state index contributed by atoms with van der Waals surface area (Å²) in [6.07, 6.45) is 3.85. The molecule has 0 aliphatic rings. The smallest absolute Gasteiger partial charge is 0.0547 e. The summed E-state index contributed by atoms with van der Waals surface area (Å²) in [4.78, 5) is 6.91. The Hall–Kier alpha value is -0.930. The van der Waals surface area contributed by atoms with Crippen molar-refractivity contribution in [3.8, 4) is 0 Å². The fraction of sp³-hybridized carbons (Fsp3) is 0.706. The predicted octanol–water partition coefficient (Wildman–Crippen LogP) is 3.24. The first-order valence-corrected chi connectivity index (χ1v) is 7.89. The largest absolute Gasteiger partial charge is 0.316 e. The average molecular weight is 277 g/mol. The molecule has 0 radical (unpaired) electrons. The SMILES string of the molecule is Cc1cccc(CN(C)CCCCCNCC(C)C)n1. The van der Waals surface area contributed by atoms with Gasteiger partial charge in [0.25, 0.3) is 0 Å². The van der Waals surface area contributed by atoms with E-state index in [0.29, 0.717) is 0 Å². The maximum absolute atomic E-state index is 4.55. The summed E-state index contributed by atoms with van der Waals surface area (Å²) in [6.45, 7) is 10.9. The van der Waals surface area contributed by atoms with Crippen LogP contribution in [0.1, 0.15) is 44.5 Å². The van der Waals surface area contributed by atoms with Gasteiger partial charge in [-0.15, -0.1) is 0 Å². The number of nitrogens with zero attached hydrogens (tertiary/aromatic N) is 2. The number of nitrogens with one attached hydrogen (secondary N) is 1. The molecule has 0 atom stereocenters. The van der Waals surface area contributed by atoms with Crippen molar-refractivity contribution >= 4 is 0 Å². The molecule has 1 aromatic heterocycles. The average Bonchev–Trinajstić information content (AvgIpc) is 2.37. The van der Waals surface area contributed by atoms with Gasteiger partial charge in [-0.1, -0.05) is 26.3 Å². The molecule has 3 nitrogen and oxygen atoms in total. The first-order valence-electron chi connectivity index (χ1n) is 7.89. The minimum Gasteiger partial charge on any atom is -0.316 e. The molecule has 0 bridgehead atoms. The number of aryl methyl sites for hydroxylation is 1. The Morgan fingerprint density at radius 1 is 1.20 bits per heavy atom. The lowest BCUT2D eigenvalue weighted by atomic mass is 10.2. The van der Waals surface area contributed by atoms with E-state index in [1.807, 2.05) is 13.0 Å². The van der Waals surface area contributed by atoms with E-state index in [9.17, 15) is 0 Å². The van der Waals surface area contributed by atoms with Gasteiger partial charge >= 0.3 is 0 Å². The van der Waals surface area contributed by atoms with E-state index in [2.05, 4.69) is 48.2 Å². The van der Waals surface area contributed by atoms with E-state index in [0.717, 1.165) is 37.8 Å². The fourth-order valence-electron chi connectivity index (χ4n) is 2.24. The van der Waals surface area contributed by atoms with Crippen LogP contribution in [0.2, 0.25) is 0 Å². The van der Waals surface area contributed by atoms with Crippen molar-refractivity contribution in [3.63, 3.8) is 0 Å². The third-order valence-electron chi connectivity index (χ3n) is 3.32. The number of pyridine rings is 1. The lowest BCUT2D eigenvalue weighted by Gasteiger charge is -2.16. The van der Waals surface area contributed by atoms with Gasteiger partial charge in [0.1, 0.15) is 0 Å². The lowest BCUT2D eigenvalue weighted by molar-refractivity contribution is 0.313. The molecular formula is C17H31N3. The molecule has 1 heterocycles. The molecule has 1 rings (SSSR count). The quantitative estimate of drug-likeness (QED) is 0.666. The van der Waals surface area contributed by atoms with Gasteiger partial charge in [-0.25, -0.2) is 0 Å². The van der Waals surface area contributed by atoms with Crippen molar-refractivity contribution in [1.82, 2.24) is 15.2 Å². The van der Waals surface area contributed by atoms with Gasteiger partial charge in [-0.05, 0) is 64.5 Å². The molecule has 0 aliphatic carbocycles. The molecule has 0 aliphatic heterocycles. The second kappa shape index (κ2) is 9.89. The van der Waals surface area contributed by atoms with Gasteiger partial charge in [-0.2, -0.15) is 0 Å². The first kappa shape index (κ1) is 17.1. The van der Waals surface area contributed by atoms with Crippen LogP contribution < -0.4 is 5.32 Å². The Morgan fingerprint density at radius 3 is 2.70 bits per heavy atom. The molecule has 0 spiro atoms. The molecule has 114 valence electrons. The molecule has 1 aromatic rings. The molecule has 0 saturated carbocycles. The third-order valence-corrected chi connectivity index (χ3v) is 3.32. The molecular weight excluding hydrogens is 246 g/mol. The Balaban J connectivity index is 2.04. The summed E-state index contributed by atoms with van der Waals surface area (Å²) in [5.41, 5.74) is 2.28. The van der Waals surface area contributed by atoms with E-state index in [-0.39, 0.29) is 0 Å². The molecule has 3 heteroatoms. The normalized spacial score (nSPS) is 11.5. The van der Waals surface area contributed by atoms with Gasteiger partial charge in [0.2, 0.25) is 0 Å². The van der Waals surface area contributed by atoms with E-state index >= 15 is 0 Å². The predicted molar refractivity (Wildman–Crippen MR) is 86.9 cm³/mol. The van der Waals surface area contributed by atoms with Crippen LogP contribution in [0.15, 0.2) is 18.2 Å². The van der Waals surface area contributed by atoms with Crippen LogP contribution in [0.3, 0.4) is 0 Å². The summed E-state index contributed by atoms with van der Waals surface area (Å²) in [5, 5.41) is 3.50. The number of hydrogen-bond acceptors (Lipinski definition) is 3. The number of aromatic nitrogens is 1. The maximum Gasteiger partial charge on any atom is 0.0547 e. The van der Waals surface area contributed by atoms with Crippen molar-refractivity contribution in [1.29, 1.82) is 0 Å². The second-order valence-electron chi connectivity index (χ2n) is 6.17. The highest BCUT2D eigenvalue weighted by Crippen LogP contribution is 2.04. The summed E-state index contributed by atoms with van der Waals surface area (Å²) < 4.78 is 0. The monoisotopic (exact) mass is 277 g/mol.